The number of nitrogens with zero attached hydrogens (tertiary/aromatic N) is 1. The molecule has 124 valence electrons. The number of imidazole rings is 1. The van der Waals surface area contributed by atoms with E-state index in [0.717, 1.165) is 35.3 Å². The number of H-pyrrole nitrogens is 1. The number of aromatic nitrogens is 2. The number of fused-ring (bicyclic) bond motifs is 1. The first-order chi connectivity index (χ1) is 11.6. The van der Waals surface area contributed by atoms with Crippen LogP contribution in [-0.4, -0.2) is 15.9 Å². The molecule has 0 saturated carbocycles. The van der Waals surface area contributed by atoms with Crippen LogP contribution in [0.1, 0.15) is 37.2 Å². The first-order valence-corrected chi connectivity index (χ1v) is 8.48. The number of benzene rings is 2. The molecule has 1 heterocycles. The quantitative estimate of drug-likeness (QED) is 0.697. The van der Waals surface area contributed by atoms with E-state index in [1.807, 2.05) is 55.5 Å². The average molecular weight is 342 g/mol. The summed E-state index contributed by atoms with van der Waals surface area (Å²) in [6.07, 6.45) is 1.99. The number of aromatic amines is 1. The Hall–Kier alpha value is -2.33. The highest BCUT2D eigenvalue weighted by Crippen LogP contribution is 2.17. The Bertz CT molecular complexity index is 810. The van der Waals surface area contributed by atoms with E-state index >= 15 is 0 Å². The molecule has 0 saturated heterocycles. The number of halogens is 1. The number of para-hydroxylation sites is 2. The van der Waals surface area contributed by atoms with Crippen LogP contribution >= 0.6 is 11.6 Å². The van der Waals surface area contributed by atoms with Crippen molar-refractivity contribution in [3.63, 3.8) is 0 Å². The van der Waals surface area contributed by atoms with E-state index in [2.05, 4.69) is 15.3 Å². The molecule has 0 spiro atoms. The Morgan fingerprint density at radius 3 is 2.88 bits per heavy atom. The molecule has 5 heteroatoms. The lowest BCUT2D eigenvalue weighted by Gasteiger charge is -2.14. The van der Waals surface area contributed by atoms with Crippen molar-refractivity contribution in [2.45, 2.75) is 32.2 Å². The van der Waals surface area contributed by atoms with Gasteiger partial charge in [-0.3, -0.25) is 4.79 Å². The standard InChI is InChI=1S/C19H20ClN3O/c1-13(14-6-4-7-15(20)12-14)21-19(24)11-5-10-18-22-16-8-2-3-9-17(16)23-18/h2-4,6-9,12-13H,5,10-11H2,1H3,(H,21,24)(H,22,23)/t13-/m0/s1. The van der Waals surface area contributed by atoms with Crippen LogP contribution in [0, 0.1) is 0 Å². The van der Waals surface area contributed by atoms with Gasteiger partial charge in [0.2, 0.25) is 5.91 Å². The van der Waals surface area contributed by atoms with Crippen LogP contribution in [0.3, 0.4) is 0 Å². The molecule has 0 aliphatic carbocycles. The van der Waals surface area contributed by atoms with Crippen LogP contribution in [0.5, 0.6) is 0 Å². The number of carbonyl (C=O) groups is 1. The maximum absolute atomic E-state index is 12.1. The summed E-state index contributed by atoms with van der Waals surface area (Å²) in [6.45, 7) is 1.96. The Kier molecular flexibility index (Phi) is 5.16. The molecule has 0 aliphatic heterocycles. The van der Waals surface area contributed by atoms with Gasteiger partial charge in [-0.1, -0.05) is 35.9 Å². The van der Waals surface area contributed by atoms with Crippen molar-refractivity contribution in [3.8, 4) is 0 Å². The Labute approximate surface area is 146 Å². The summed E-state index contributed by atoms with van der Waals surface area (Å²) in [4.78, 5) is 19.9. The number of amides is 1. The first kappa shape index (κ1) is 16.5. The van der Waals surface area contributed by atoms with Crippen LogP contribution in [0.4, 0.5) is 0 Å². The largest absolute Gasteiger partial charge is 0.350 e. The minimum Gasteiger partial charge on any atom is -0.350 e. The van der Waals surface area contributed by atoms with Crippen molar-refractivity contribution >= 4 is 28.5 Å². The number of aryl methyl sites for hydroxylation is 1. The van der Waals surface area contributed by atoms with Crippen LogP contribution < -0.4 is 5.32 Å². The normalized spacial score (nSPS) is 12.2. The van der Waals surface area contributed by atoms with E-state index < -0.39 is 0 Å². The fraction of sp³-hybridized carbons (Fsp3) is 0.263. The molecule has 4 nitrogen and oxygen atoms in total. The molecule has 2 aromatic carbocycles. The maximum atomic E-state index is 12.1. The molecule has 0 unspecified atom stereocenters. The predicted molar refractivity (Wildman–Crippen MR) is 97.0 cm³/mol. The van der Waals surface area contributed by atoms with Crippen molar-refractivity contribution in [1.82, 2.24) is 15.3 Å². The zero-order valence-electron chi connectivity index (χ0n) is 13.6. The molecule has 1 aromatic heterocycles. The van der Waals surface area contributed by atoms with Gasteiger partial charge in [0, 0.05) is 17.9 Å². The van der Waals surface area contributed by atoms with Crippen LogP contribution in [0.15, 0.2) is 48.5 Å². The lowest BCUT2D eigenvalue weighted by molar-refractivity contribution is -0.121. The number of hydrogen-bond donors (Lipinski definition) is 2. The van der Waals surface area contributed by atoms with Crippen molar-refractivity contribution in [3.05, 3.63) is 64.9 Å². The second-order valence-electron chi connectivity index (χ2n) is 5.90. The lowest BCUT2D eigenvalue weighted by Crippen LogP contribution is -2.26. The Morgan fingerprint density at radius 1 is 1.25 bits per heavy atom. The average Bonchev–Trinajstić information content (AvgIpc) is 2.97. The predicted octanol–water partition coefficient (Wildman–Crippen LogP) is 4.42. The summed E-state index contributed by atoms with van der Waals surface area (Å²) < 4.78 is 0. The van der Waals surface area contributed by atoms with Gasteiger partial charge in [-0.2, -0.15) is 0 Å². The summed E-state index contributed by atoms with van der Waals surface area (Å²) >= 11 is 5.99. The minimum absolute atomic E-state index is 0.0404. The van der Waals surface area contributed by atoms with E-state index in [4.69, 9.17) is 11.6 Å². The van der Waals surface area contributed by atoms with Gasteiger partial charge in [-0.25, -0.2) is 4.98 Å². The highest BCUT2D eigenvalue weighted by Gasteiger charge is 2.10. The van der Waals surface area contributed by atoms with Crippen LogP contribution in [0.2, 0.25) is 5.02 Å². The highest BCUT2D eigenvalue weighted by atomic mass is 35.5. The van der Waals surface area contributed by atoms with Gasteiger partial charge in [0.25, 0.3) is 0 Å². The zero-order valence-corrected chi connectivity index (χ0v) is 14.3. The number of hydrogen-bond acceptors (Lipinski definition) is 2. The van der Waals surface area contributed by atoms with Gasteiger partial charge in [0.05, 0.1) is 17.1 Å². The summed E-state index contributed by atoms with van der Waals surface area (Å²) in [7, 11) is 0. The van der Waals surface area contributed by atoms with E-state index in [-0.39, 0.29) is 11.9 Å². The molecular formula is C19H20ClN3O. The lowest BCUT2D eigenvalue weighted by atomic mass is 10.1. The topological polar surface area (TPSA) is 57.8 Å². The number of nitrogens with one attached hydrogen (secondary N) is 2. The van der Waals surface area contributed by atoms with Crippen molar-refractivity contribution in [2.24, 2.45) is 0 Å². The Balaban J connectivity index is 1.48. The molecule has 0 bridgehead atoms. The minimum atomic E-state index is -0.0533. The molecule has 0 radical (unpaired) electrons. The smallest absolute Gasteiger partial charge is 0.220 e. The Morgan fingerprint density at radius 2 is 2.08 bits per heavy atom. The van der Waals surface area contributed by atoms with Crippen molar-refractivity contribution < 1.29 is 4.79 Å². The fourth-order valence-electron chi connectivity index (χ4n) is 2.71. The molecule has 0 fully saturated rings. The van der Waals surface area contributed by atoms with E-state index in [1.165, 1.54) is 0 Å². The summed E-state index contributed by atoms with van der Waals surface area (Å²) in [5.41, 5.74) is 3.01. The SMILES string of the molecule is C[C@H](NC(=O)CCCc1nc2ccccc2[nH]1)c1cccc(Cl)c1. The molecular weight excluding hydrogens is 322 g/mol. The third kappa shape index (κ3) is 4.15. The van der Waals surface area contributed by atoms with Gasteiger partial charge >= 0.3 is 0 Å². The molecule has 1 amide bonds. The molecule has 1 atom stereocenters. The monoisotopic (exact) mass is 341 g/mol. The number of rotatable bonds is 6. The fourth-order valence-corrected chi connectivity index (χ4v) is 2.91. The van der Waals surface area contributed by atoms with Crippen molar-refractivity contribution in [1.29, 1.82) is 0 Å². The third-order valence-corrected chi connectivity index (χ3v) is 4.22. The second kappa shape index (κ2) is 7.49. The summed E-state index contributed by atoms with van der Waals surface area (Å²) in [6, 6.07) is 15.4. The first-order valence-electron chi connectivity index (χ1n) is 8.10. The molecule has 2 N–H and O–H groups in total. The van der Waals surface area contributed by atoms with E-state index in [9.17, 15) is 4.79 Å². The third-order valence-electron chi connectivity index (χ3n) is 3.98. The van der Waals surface area contributed by atoms with E-state index in [1.54, 1.807) is 0 Å². The molecule has 24 heavy (non-hydrogen) atoms. The molecule has 0 aliphatic rings. The second-order valence-corrected chi connectivity index (χ2v) is 6.33. The van der Waals surface area contributed by atoms with Crippen LogP contribution in [0.25, 0.3) is 11.0 Å². The highest BCUT2D eigenvalue weighted by molar-refractivity contribution is 6.30. The maximum Gasteiger partial charge on any atom is 0.220 e. The van der Waals surface area contributed by atoms with Gasteiger partial charge in [0.15, 0.2) is 0 Å². The number of carbonyl (C=O) groups excluding carboxylic acids is 1. The van der Waals surface area contributed by atoms with Gasteiger partial charge < -0.3 is 10.3 Å². The van der Waals surface area contributed by atoms with Crippen molar-refractivity contribution in [2.75, 3.05) is 0 Å². The zero-order chi connectivity index (χ0) is 16.9. The summed E-state index contributed by atoms with van der Waals surface area (Å²) in [5.74, 6) is 0.963. The molecule has 3 aromatic rings. The van der Waals surface area contributed by atoms with Gasteiger partial charge in [0.1, 0.15) is 5.82 Å². The van der Waals surface area contributed by atoms with E-state index in [0.29, 0.717) is 11.4 Å². The van der Waals surface area contributed by atoms with Gasteiger partial charge in [-0.15, -0.1) is 0 Å². The molecule has 3 rings (SSSR count). The summed E-state index contributed by atoms with van der Waals surface area (Å²) in [5, 5.41) is 3.69. The van der Waals surface area contributed by atoms with Gasteiger partial charge in [-0.05, 0) is 43.2 Å². The van der Waals surface area contributed by atoms with Crippen LogP contribution in [-0.2, 0) is 11.2 Å².